The van der Waals surface area contributed by atoms with Crippen LogP contribution in [0, 0.1) is 6.92 Å². The summed E-state index contributed by atoms with van der Waals surface area (Å²) in [7, 11) is 2.91. The second-order valence-corrected chi connectivity index (χ2v) is 8.56. The minimum absolute atomic E-state index is 0.0977. The van der Waals surface area contributed by atoms with E-state index in [9.17, 15) is 14.4 Å². The summed E-state index contributed by atoms with van der Waals surface area (Å²) in [6, 6.07) is 7.60. The third-order valence-corrected chi connectivity index (χ3v) is 6.10. The van der Waals surface area contributed by atoms with E-state index in [4.69, 9.17) is 4.42 Å². The number of furan rings is 1. The number of carbonyl (C=O) groups is 1. The summed E-state index contributed by atoms with van der Waals surface area (Å²) in [6.45, 7) is 1.66. The van der Waals surface area contributed by atoms with Crippen molar-refractivity contribution in [1.82, 2.24) is 19.3 Å². The standard InChI is InChI=1S/C19H16BrN5O4S/c1-9-12(14-16(27)24(2)19(28)25(3)17(14)29-9)8-13(26)21-18-23-22-15(30-18)10-4-6-11(20)7-5-10/h4-7H,8H2,1-3H3,(H,21,23,26). The van der Waals surface area contributed by atoms with Gasteiger partial charge in [0.15, 0.2) is 0 Å². The van der Waals surface area contributed by atoms with Crippen LogP contribution in [0.2, 0.25) is 0 Å². The van der Waals surface area contributed by atoms with E-state index in [0.29, 0.717) is 21.5 Å². The SMILES string of the molecule is Cc1oc2c(c1CC(=O)Nc1nnc(-c3ccc(Br)cc3)s1)c(=O)n(C)c(=O)n2C. The number of nitrogens with zero attached hydrogens (tertiary/aromatic N) is 4. The molecule has 0 aliphatic rings. The summed E-state index contributed by atoms with van der Waals surface area (Å²) in [5.74, 6) is 0.0430. The van der Waals surface area contributed by atoms with E-state index in [1.807, 2.05) is 24.3 Å². The van der Waals surface area contributed by atoms with Crippen LogP contribution in [0.25, 0.3) is 21.7 Å². The van der Waals surface area contributed by atoms with Crippen molar-refractivity contribution in [1.29, 1.82) is 0 Å². The van der Waals surface area contributed by atoms with Gasteiger partial charge in [-0.15, -0.1) is 10.2 Å². The molecular weight excluding hydrogens is 474 g/mol. The van der Waals surface area contributed by atoms with E-state index in [1.165, 1.54) is 30.0 Å². The average Bonchev–Trinajstić information content (AvgIpc) is 3.30. The first-order chi connectivity index (χ1) is 14.3. The lowest BCUT2D eigenvalue weighted by Gasteiger charge is -2.03. The van der Waals surface area contributed by atoms with Gasteiger partial charge < -0.3 is 9.73 Å². The number of hydrogen-bond acceptors (Lipinski definition) is 7. The van der Waals surface area contributed by atoms with E-state index in [-0.39, 0.29) is 23.4 Å². The van der Waals surface area contributed by atoms with Crippen molar-refractivity contribution in [3.8, 4) is 10.6 Å². The fraction of sp³-hybridized carbons (Fsp3) is 0.211. The molecule has 0 bridgehead atoms. The Hall–Kier alpha value is -3.05. The van der Waals surface area contributed by atoms with Gasteiger partial charge in [0.05, 0.1) is 6.42 Å². The van der Waals surface area contributed by atoms with Crippen LogP contribution in [0.15, 0.2) is 42.7 Å². The second-order valence-electron chi connectivity index (χ2n) is 6.67. The zero-order valence-corrected chi connectivity index (χ0v) is 18.6. The molecule has 1 amide bonds. The molecule has 0 spiro atoms. The molecule has 3 aromatic heterocycles. The Morgan fingerprint density at radius 3 is 2.57 bits per heavy atom. The van der Waals surface area contributed by atoms with Gasteiger partial charge in [-0.2, -0.15) is 0 Å². The molecule has 4 rings (SSSR count). The maximum absolute atomic E-state index is 12.6. The van der Waals surface area contributed by atoms with Gasteiger partial charge in [0.1, 0.15) is 16.2 Å². The Kier molecular flexibility index (Phi) is 5.16. The van der Waals surface area contributed by atoms with Crippen LogP contribution >= 0.6 is 27.3 Å². The summed E-state index contributed by atoms with van der Waals surface area (Å²) in [5.41, 5.74) is 0.484. The van der Waals surface area contributed by atoms with E-state index < -0.39 is 11.2 Å². The van der Waals surface area contributed by atoms with Gasteiger partial charge in [0.2, 0.25) is 16.8 Å². The number of carbonyl (C=O) groups excluding carboxylic acids is 1. The highest BCUT2D eigenvalue weighted by atomic mass is 79.9. The van der Waals surface area contributed by atoms with E-state index in [1.54, 1.807) is 6.92 Å². The van der Waals surface area contributed by atoms with Crippen molar-refractivity contribution < 1.29 is 9.21 Å². The van der Waals surface area contributed by atoms with Crippen LogP contribution in [0.5, 0.6) is 0 Å². The predicted molar refractivity (Wildman–Crippen MR) is 117 cm³/mol. The first kappa shape index (κ1) is 20.2. The number of aryl methyl sites for hydroxylation is 2. The first-order valence-corrected chi connectivity index (χ1v) is 10.4. The molecule has 1 aromatic carbocycles. The number of nitrogens with one attached hydrogen (secondary N) is 1. The molecule has 0 saturated heterocycles. The number of halogens is 1. The minimum atomic E-state index is -0.499. The number of fused-ring (bicyclic) bond motifs is 1. The molecule has 0 aliphatic carbocycles. The van der Waals surface area contributed by atoms with Crippen molar-refractivity contribution >= 4 is 49.4 Å². The van der Waals surface area contributed by atoms with Gasteiger partial charge in [0.25, 0.3) is 5.56 Å². The van der Waals surface area contributed by atoms with Gasteiger partial charge in [-0.05, 0) is 19.1 Å². The van der Waals surface area contributed by atoms with Gasteiger partial charge in [0, 0.05) is 29.7 Å². The quantitative estimate of drug-likeness (QED) is 0.471. The highest BCUT2D eigenvalue weighted by Crippen LogP contribution is 2.28. The third kappa shape index (κ3) is 3.50. The molecule has 11 heteroatoms. The molecule has 4 aromatic rings. The predicted octanol–water partition coefficient (Wildman–Crippen LogP) is 2.60. The molecule has 30 heavy (non-hydrogen) atoms. The molecule has 3 heterocycles. The van der Waals surface area contributed by atoms with Gasteiger partial charge in [-0.1, -0.05) is 39.4 Å². The minimum Gasteiger partial charge on any atom is -0.444 e. The van der Waals surface area contributed by atoms with E-state index in [0.717, 1.165) is 14.6 Å². The number of benzene rings is 1. The zero-order chi connectivity index (χ0) is 21.6. The average molecular weight is 490 g/mol. The Morgan fingerprint density at radius 1 is 1.17 bits per heavy atom. The van der Waals surface area contributed by atoms with Crippen LogP contribution in [-0.4, -0.2) is 25.2 Å². The summed E-state index contributed by atoms with van der Waals surface area (Å²) >= 11 is 4.63. The van der Waals surface area contributed by atoms with Gasteiger partial charge in [-0.3, -0.25) is 18.7 Å². The Bertz CT molecular complexity index is 1400. The lowest BCUT2D eigenvalue weighted by atomic mass is 10.1. The number of aromatic nitrogens is 4. The molecule has 0 saturated carbocycles. The molecule has 0 unspecified atom stereocenters. The number of rotatable bonds is 4. The lowest BCUT2D eigenvalue weighted by Crippen LogP contribution is -2.36. The Balaban J connectivity index is 1.60. The normalized spacial score (nSPS) is 11.2. The largest absolute Gasteiger partial charge is 0.444 e. The molecule has 9 nitrogen and oxygen atoms in total. The number of amides is 1. The molecule has 0 atom stereocenters. The van der Waals surface area contributed by atoms with Crippen molar-refractivity contribution in [2.75, 3.05) is 5.32 Å². The summed E-state index contributed by atoms with van der Waals surface area (Å²) in [6.07, 6.45) is -0.0977. The third-order valence-electron chi connectivity index (χ3n) is 4.69. The smallest absolute Gasteiger partial charge is 0.333 e. The second kappa shape index (κ2) is 7.65. The highest BCUT2D eigenvalue weighted by molar-refractivity contribution is 9.10. The van der Waals surface area contributed by atoms with Crippen molar-refractivity contribution in [3.05, 3.63) is 60.9 Å². The van der Waals surface area contributed by atoms with Crippen LogP contribution < -0.4 is 16.6 Å². The van der Waals surface area contributed by atoms with Crippen molar-refractivity contribution in [3.63, 3.8) is 0 Å². The Labute approximate surface area is 182 Å². The van der Waals surface area contributed by atoms with Crippen LogP contribution in [0.1, 0.15) is 11.3 Å². The summed E-state index contributed by atoms with van der Waals surface area (Å²) in [4.78, 5) is 37.3. The Morgan fingerprint density at radius 2 is 1.87 bits per heavy atom. The maximum atomic E-state index is 12.6. The molecule has 0 radical (unpaired) electrons. The fourth-order valence-corrected chi connectivity index (χ4v) is 4.14. The molecule has 0 aliphatic heterocycles. The van der Waals surface area contributed by atoms with Crippen molar-refractivity contribution in [2.24, 2.45) is 14.1 Å². The number of hydrogen-bond donors (Lipinski definition) is 1. The highest BCUT2D eigenvalue weighted by Gasteiger charge is 2.22. The number of anilines is 1. The van der Waals surface area contributed by atoms with Crippen LogP contribution in [-0.2, 0) is 25.3 Å². The van der Waals surface area contributed by atoms with Gasteiger partial charge in [-0.25, -0.2) is 4.79 Å². The van der Waals surface area contributed by atoms with Crippen LogP contribution in [0.3, 0.4) is 0 Å². The maximum Gasteiger partial charge on any atom is 0.333 e. The van der Waals surface area contributed by atoms with E-state index >= 15 is 0 Å². The first-order valence-electron chi connectivity index (χ1n) is 8.83. The summed E-state index contributed by atoms with van der Waals surface area (Å²) in [5, 5.41) is 12.1. The molecular formula is C19H16BrN5O4S. The molecule has 1 N–H and O–H groups in total. The molecule has 0 fully saturated rings. The molecule has 154 valence electrons. The fourth-order valence-electron chi connectivity index (χ4n) is 3.11. The van der Waals surface area contributed by atoms with Gasteiger partial charge >= 0.3 is 5.69 Å². The zero-order valence-electron chi connectivity index (χ0n) is 16.2. The topological polar surface area (TPSA) is 112 Å². The van der Waals surface area contributed by atoms with Crippen molar-refractivity contribution in [2.45, 2.75) is 13.3 Å². The lowest BCUT2D eigenvalue weighted by molar-refractivity contribution is -0.115. The monoisotopic (exact) mass is 489 g/mol. The summed E-state index contributed by atoms with van der Waals surface area (Å²) < 4.78 is 8.81. The van der Waals surface area contributed by atoms with Crippen LogP contribution in [0.4, 0.5) is 5.13 Å². The van der Waals surface area contributed by atoms with E-state index in [2.05, 4.69) is 31.4 Å².